The second kappa shape index (κ2) is 6.42. The predicted molar refractivity (Wildman–Crippen MR) is 78.7 cm³/mol. The quantitative estimate of drug-likeness (QED) is 0.311. The maximum absolute atomic E-state index is 12.1. The lowest BCUT2D eigenvalue weighted by Gasteiger charge is -2.41. The molecule has 1 fully saturated rings. The van der Waals surface area contributed by atoms with E-state index in [2.05, 4.69) is 15.7 Å². The first-order chi connectivity index (χ1) is 10.6. The molecule has 0 saturated heterocycles. The van der Waals surface area contributed by atoms with E-state index in [4.69, 9.17) is 0 Å². The summed E-state index contributed by atoms with van der Waals surface area (Å²) in [5.41, 5.74) is 1.77. The average Bonchev–Trinajstić information content (AvgIpc) is 2.74. The normalized spacial score (nSPS) is 34.3. The molecule has 0 aromatic carbocycles. The van der Waals surface area contributed by atoms with Gasteiger partial charge in [0.1, 0.15) is 30.5 Å². The van der Waals surface area contributed by atoms with Crippen LogP contribution in [0.25, 0.3) is 0 Å². The Morgan fingerprint density at radius 2 is 1.48 bits per heavy atom. The number of rotatable bonds is 2. The van der Waals surface area contributed by atoms with E-state index in [9.17, 15) is 30.3 Å². The number of nitrogens with zero attached hydrogens (tertiary/aromatic N) is 2. The summed E-state index contributed by atoms with van der Waals surface area (Å²) in [4.78, 5) is 12.1. The standard InChI is InChI=1S/C13H22N4O6/c1-4-6(5(2)17(3)16-4)14-13(23)15-7-8(18)10(20)12(22)11(21)9(7)19/h7-12,18-22H,1-3H3,(H2,14,15,23)/t7?,8-,9+,10+,11-,12?. The van der Waals surface area contributed by atoms with Crippen molar-refractivity contribution >= 4 is 11.7 Å². The Morgan fingerprint density at radius 3 is 1.91 bits per heavy atom. The zero-order valence-electron chi connectivity index (χ0n) is 13.0. The molecule has 2 unspecified atom stereocenters. The van der Waals surface area contributed by atoms with Gasteiger partial charge in [0.25, 0.3) is 0 Å². The van der Waals surface area contributed by atoms with E-state index in [0.29, 0.717) is 17.1 Å². The van der Waals surface area contributed by atoms with Gasteiger partial charge in [-0.1, -0.05) is 0 Å². The summed E-state index contributed by atoms with van der Waals surface area (Å²) in [6, 6.07) is -2.09. The van der Waals surface area contributed by atoms with Gasteiger partial charge in [-0.3, -0.25) is 4.68 Å². The Labute approximate surface area is 132 Å². The van der Waals surface area contributed by atoms with Gasteiger partial charge in [0.15, 0.2) is 0 Å². The molecule has 2 rings (SSSR count). The largest absolute Gasteiger partial charge is 0.388 e. The summed E-state index contributed by atoms with van der Waals surface area (Å²) >= 11 is 0. The molecule has 0 radical (unpaired) electrons. The molecule has 1 aromatic heterocycles. The number of aromatic nitrogens is 2. The van der Waals surface area contributed by atoms with Crippen molar-refractivity contribution < 1.29 is 30.3 Å². The van der Waals surface area contributed by atoms with Crippen molar-refractivity contribution in [3.8, 4) is 0 Å². The van der Waals surface area contributed by atoms with E-state index in [1.54, 1.807) is 25.6 Å². The van der Waals surface area contributed by atoms with E-state index >= 15 is 0 Å². The number of anilines is 1. The Kier molecular flexibility index (Phi) is 4.92. The minimum atomic E-state index is -1.70. The van der Waals surface area contributed by atoms with Crippen LogP contribution in [0.15, 0.2) is 0 Å². The van der Waals surface area contributed by atoms with Crippen LogP contribution in [0.4, 0.5) is 10.5 Å². The zero-order valence-corrected chi connectivity index (χ0v) is 13.0. The van der Waals surface area contributed by atoms with Crippen LogP contribution in [-0.2, 0) is 7.05 Å². The van der Waals surface area contributed by atoms with Crippen molar-refractivity contribution in [2.45, 2.75) is 50.4 Å². The van der Waals surface area contributed by atoms with Crippen molar-refractivity contribution in [2.75, 3.05) is 5.32 Å². The lowest BCUT2D eigenvalue weighted by molar-refractivity contribution is -0.188. The van der Waals surface area contributed by atoms with Gasteiger partial charge < -0.3 is 36.2 Å². The second-order valence-electron chi connectivity index (χ2n) is 5.75. The number of urea groups is 1. The molecule has 2 amide bonds. The third-order valence-corrected chi connectivity index (χ3v) is 4.18. The number of carbonyl (C=O) groups excluding carboxylic acids is 1. The SMILES string of the molecule is Cc1nn(C)c(C)c1NC(=O)NC1[C@@H](O)[C@H](O)C(O)[C@H](O)[C@H]1O. The molecule has 7 N–H and O–H groups in total. The van der Waals surface area contributed by atoms with E-state index < -0.39 is 42.6 Å². The maximum atomic E-state index is 12.1. The lowest BCUT2D eigenvalue weighted by Crippen LogP contribution is -2.68. The van der Waals surface area contributed by atoms with Crippen molar-refractivity contribution in [1.29, 1.82) is 0 Å². The molecule has 1 aliphatic carbocycles. The summed E-state index contributed by atoms with van der Waals surface area (Å²) in [6.07, 6.45) is -8.36. The van der Waals surface area contributed by atoms with E-state index in [0.717, 1.165) is 0 Å². The van der Waals surface area contributed by atoms with Gasteiger partial charge in [-0.05, 0) is 13.8 Å². The number of aliphatic hydroxyl groups is 5. The van der Waals surface area contributed by atoms with Crippen molar-refractivity contribution in [1.82, 2.24) is 15.1 Å². The maximum Gasteiger partial charge on any atom is 0.319 e. The average molecular weight is 330 g/mol. The number of aliphatic hydroxyl groups excluding tert-OH is 5. The highest BCUT2D eigenvalue weighted by molar-refractivity contribution is 5.90. The molecule has 0 bridgehead atoms. The number of carbonyl (C=O) groups is 1. The fourth-order valence-electron chi connectivity index (χ4n) is 2.66. The molecule has 130 valence electrons. The van der Waals surface area contributed by atoms with Crippen LogP contribution >= 0.6 is 0 Å². The first-order valence-electron chi connectivity index (χ1n) is 7.13. The summed E-state index contributed by atoms with van der Waals surface area (Å²) in [6.45, 7) is 3.46. The molecule has 23 heavy (non-hydrogen) atoms. The fourth-order valence-corrected chi connectivity index (χ4v) is 2.66. The minimum absolute atomic E-state index is 0.478. The monoisotopic (exact) mass is 330 g/mol. The molecule has 6 atom stereocenters. The molecular weight excluding hydrogens is 308 g/mol. The van der Waals surface area contributed by atoms with Crippen LogP contribution < -0.4 is 10.6 Å². The Bertz CT molecular complexity index is 575. The Morgan fingerprint density at radius 1 is 1.00 bits per heavy atom. The topological polar surface area (TPSA) is 160 Å². The van der Waals surface area contributed by atoms with Gasteiger partial charge in [0, 0.05) is 7.05 Å². The third-order valence-electron chi connectivity index (χ3n) is 4.18. The van der Waals surface area contributed by atoms with Crippen molar-refractivity contribution in [3.63, 3.8) is 0 Å². The lowest BCUT2D eigenvalue weighted by atomic mass is 9.83. The summed E-state index contributed by atoms with van der Waals surface area (Å²) in [7, 11) is 1.72. The second-order valence-corrected chi connectivity index (χ2v) is 5.75. The molecule has 0 spiro atoms. The van der Waals surface area contributed by atoms with Crippen LogP contribution in [0, 0.1) is 13.8 Å². The zero-order chi connectivity index (χ0) is 17.5. The number of nitrogens with one attached hydrogen (secondary N) is 2. The molecule has 1 aliphatic rings. The first-order valence-corrected chi connectivity index (χ1v) is 7.13. The van der Waals surface area contributed by atoms with Crippen LogP contribution in [0.3, 0.4) is 0 Å². The van der Waals surface area contributed by atoms with Gasteiger partial charge >= 0.3 is 6.03 Å². The van der Waals surface area contributed by atoms with Crippen LogP contribution in [0.1, 0.15) is 11.4 Å². The van der Waals surface area contributed by atoms with Gasteiger partial charge in [-0.15, -0.1) is 0 Å². The third kappa shape index (κ3) is 3.16. The molecule has 0 aliphatic heterocycles. The Hall–Kier alpha value is -1.72. The molecule has 10 heteroatoms. The van der Waals surface area contributed by atoms with E-state index in [1.807, 2.05) is 0 Å². The molecular formula is C13H22N4O6. The van der Waals surface area contributed by atoms with Crippen molar-refractivity contribution in [3.05, 3.63) is 11.4 Å². The first kappa shape index (κ1) is 17.6. The van der Waals surface area contributed by atoms with Crippen LogP contribution in [0.2, 0.25) is 0 Å². The highest BCUT2D eigenvalue weighted by Gasteiger charge is 2.48. The summed E-state index contributed by atoms with van der Waals surface area (Å²) < 4.78 is 1.58. The number of hydrogen-bond donors (Lipinski definition) is 7. The molecule has 1 heterocycles. The van der Waals surface area contributed by atoms with Gasteiger partial charge in [-0.2, -0.15) is 5.10 Å². The molecule has 10 nitrogen and oxygen atoms in total. The molecule has 1 aromatic rings. The predicted octanol–water partition coefficient (Wildman–Crippen LogP) is -2.65. The highest BCUT2D eigenvalue weighted by atomic mass is 16.4. The highest BCUT2D eigenvalue weighted by Crippen LogP contribution is 2.22. The summed E-state index contributed by atoms with van der Waals surface area (Å²) in [5.74, 6) is 0. The van der Waals surface area contributed by atoms with Gasteiger partial charge in [0.2, 0.25) is 0 Å². The summed E-state index contributed by atoms with van der Waals surface area (Å²) in [5, 5.41) is 57.5. The van der Waals surface area contributed by atoms with E-state index in [-0.39, 0.29) is 0 Å². The van der Waals surface area contributed by atoms with Gasteiger partial charge in [-0.25, -0.2) is 4.79 Å². The molecule has 1 saturated carbocycles. The number of aryl methyl sites for hydroxylation is 2. The van der Waals surface area contributed by atoms with Crippen LogP contribution in [-0.4, -0.2) is 77.9 Å². The number of hydrogen-bond acceptors (Lipinski definition) is 7. The smallest absolute Gasteiger partial charge is 0.319 e. The number of amides is 2. The van der Waals surface area contributed by atoms with Gasteiger partial charge in [0.05, 0.1) is 23.1 Å². The Balaban J connectivity index is 2.10. The fraction of sp³-hybridized carbons (Fsp3) is 0.692. The minimum Gasteiger partial charge on any atom is -0.388 e. The van der Waals surface area contributed by atoms with Crippen LogP contribution in [0.5, 0.6) is 0 Å². The van der Waals surface area contributed by atoms with Crippen molar-refractivity contribution in [2.24, 2.45) is 7.05 Å². The van der Waals surface area contributed by atoms with E-state index in [1.165, 1.54) is 0 Å².